The van der Waals surface area contributed by atoms with Crippen molar-refractivity contribution in [2.45, 2.75) is 38.5 Å². The summed E-state index contributed by atoms with van der Waals surface area (Å²) >= 11 is 0. The lowest BCUT2D eigenvalue weighted by Crippen LogP contribution is -2.47. The van der Waals surface area contributed by atoms with Gasteiger partial charge in [0, 0.05) is 63.6 Å². The van der Waals surface area contributed by atoms with Crippen LogP contribution in [0, 0.1) is 11.3 Å². The van der Waals surface area contributed by atoms with Crippen LogP contribution in [0.5, 0.6) is 5.75 Å². The van der Waals surface area contributed by atoms with Crippen LogP contribution in [0.25, 0.3) is 5.69 Å². The number of carbonyl (C=O) groups excluding carboxylic acids is 1. The highest BCUT2D eigenvalue weighted by molar-refractivity contribution is 5.95. The summed E-state index contributed by atoms with van der Waals surface area (Å²) in [6.07, 6.45) is 8.65. The minimum atomic E-state index is -0.571. The summed E-state index contributed by atoms with van der Waals surface area (Å²) in [6.45, 7) is 7.32. The number of hydrogen-bond acceptors (Lipinski definition) is 6. The number of aromatic amines is 1. The zero-order chi connectivity index (χ0) is 25.1. The Kier molecular flexibility index (Phi) is 7.29. The molecule has 0 atom stereocenters. The van der Waals surface area contributed by atoms with Crippen LogP contribution in [0.1, 0.15) is 48.9 Å². The van der Waals surface area contributed by atoms with Crippen LogP contribution in [0.15, 0.2) is 40.1 Å². The Balaban J connectivity index is 1.21. The van der Waals surface area contributed by atoms with Gasteiger partial charge in [-0.15, -0.1) is 0 Å². The summed E-state index contributed by atoms with van der Waals surface area (Å²) in [5.74, 6) is 1.23. The van der Waals surface area contributed by atoms with Gasteiger partial charge in [-0.05, 0) is 68.1 Å². The molecule has 2 saturated heterocycles. The van der Waals surface area contributed by atoms with E-state index in [1.165, 1.54) is 69.3 Å². The van der Waals surface area contributed by atoms with Gasteiger partial charge in [-0.2, -0.15) is 0 Å². The van der Waals surface area contributed by atoms with Crippen LogP contribution < -0.4 is 21.3 Å². The summed E-state index contributed by atoms with van der Waals surface area (Å²) in [4.78, 5) is 44.0. The number of H-pyrrole nitrogens is 1. The van der Waals surface area contributed by atoms with Crippen LogP contribution in [0.3, 0.4) is 0 Å². The van der Waals surface area contributed by atoms with Crippen LogP contribution in [0.2, 0.25) is 0 Å². The van der Waals surface area contributed by atoms with E-state index in [1.54, 1.807) is 18.2 Å². The maximum Gasteiger partial charge on any atom is 0.333 e. The Bertz CT molecular complexity index is 1180. The van der Waals surface area contributed by atoms with Crippen LogP contribution >= 0.6 is 0 Å². The molecule has 2 aliphatic heterocycles. The highest BCUT2D eigenvalue weighted by atomic mass is 16.5. The zero-order valence-electron chi connectivity index (χ0n) is 21.1. The predicted octanol–water partition coefficient (Wildman–Crippen LogP) is 1.85. The van der Waals surface area contributed by atoms with Gasteiger partial charge < -0.3 is 19.9 Å². The third-order valence-corrected chi connectivity index (χ3v) is 8.51. The summed E-state index contributed by atoms with van der Waals surface area (Å²) in [7, 11) is 1.51. The first-order valence-corrected chi connectivity index (χ1v) is 13.2. The van der Waals surface area contributed by atoms with Crippen molar-refractivity contribution in [2.75, 3.05) is 52.9 Å². The minimum Gasteiger partial charge on any atom is -0.495 e. The van der Waals surface area contributed by atoms with Gasteiger partial charge in [0.05, 0.1) is 12.8 Å². The third kappa shape index (κ3) is 5.27. The smallest absolute Gasteiger partial charge is 0.333 e. The van der Waals surface area contributed by atoms with Gasteiger partial charge in [-0.1, -0.05) is 0 Å². The van der Waals surface area contributed by atoms with Crippen LogP contribution in [-0.2, 0) is 0 Å². The highest BCUT2D eigenvalue weighted by Gasteiger charge is 2.39. The number of benzene rings is 1. The van der Waals surface area contributed by atoms with Gasteiger partial charge >= 0.3 is 5.69 Å². The molecule has 1 spiro atoms. The molecule has 194 valence electrons. The monoisotopic (exact) mass is 495 g/mol. The summed E-state index contributed by atoms with van der Waals surface area (Å²) in [6, 6.07) is 6.39. The van der Waals surface area contributed by atoms with Crippen molar-refractivity contribution in [3.63, 3.8) is 0 Å². The molecule has 9 heteroatoms. The lowest BCUT2D eigenvalue weighted by Gasteiger charge is -2.46. The number of rotatable bonds is 5. The van der Waals surface area contributed by atoms with Crippen molar-refractivity contribution >= 4 is 5.91 Å². The van der Waals surface area contributed by atoms with Crippen molar-refractivity contribution in [1.82, 2.24) is 24.7 Å². The van der Waals surface area contributed by atoms with Gasteiger partial charge in [0.25, 0.3) is 11.5 Å². The molecule has 2 aromatic rings. The highest BCUT2D eigenvalue weighted by Crippen LogP contribution is 2.46. The molecular formula is C27H37N5O4. The largest absolute Gasteiger partial charge is 0.495 e. The van der Waals surface area contributed by atoms with Crippen molar-refractivity contribution in [3.05, 3.63) is 56.9 Å². The van der Waals surface area contributed by atoms with E-state index in [2.05, 4.69) is 15.2 Å². The second-order valence-electron chi connectivity index (χ2n) is 10.7. The number of aromatic nitrogens is 2. The molecule has 1 amide bonds. The molecule has 1 aliphatic carbocycles. The number of likely N-dealkylation sites (tertiary alicyclic amines) is 1. The molecular weight excluding hydrogens is 458 g/mol. The number of piperazine rings is 1. The fraction of sp³-hybridized carbons (Fsp3) is 0.593. The van der Waals surface area contributed by atoms with Gasteiger partial charge in [0.1, 0.15) is 5.75 Å². The Labute approximate surface area is 211 Å². The number of hydrogen-bond donors (Lipinski definition) is 2. The number of carbonyl (C=O) groups is 1. The topological polar surface area (TPSA) is 99.7 Å². The van der Waals surface area contributed by atoms with E-state index >= 15 is 0 Å². The Morgan fingerprint density at radius 2 is 1.75 bits per heavy atom. The standard InChI is InChI=1S/C27H37N5O4/c1-36-23-3-2-21(18-22(23)32-13-6-24(33)29-26(32)35)25(34)31-14-9-27(10-15-31)7-4-20(5-8-27)19-30-16-11-28-12-17-30/h2-3,6,13,18,20,28H,4-5,7-12,14-17,19H2,1H3,(H,29,33,35). The molecule has 1 saturated carbocycles. The zero-order valence-corrected chi connectivity index (χ0v) is 21.1. The number of nitrogens with zero attached hydrogens (tertiary/aromatic N) is 3. The van der Waals surface area contributed by atoms with Gasteiger partial charge in [-0.25, -0.2) is 4.79 Å². The fourth-order valence-corrected chi connectivity index (χ4v) is 6.22. The normalized spacial score (nSPS) is 21.0. The Morgan fingerprint density at radius 3 is 2.42 bits per heavy atom. The Morgan fingerprint density at radius 1 is 1.03 bits per heavy atom. The third-order valence-electron chi connectivity index (χ3n) is 8.51. The van der Waals surface area contributed by atoms with Crippen molar-refractivity contribution in [2.24, 2.45) is 11.3 Å². The summed E-state index contributed by atoms with van der Waals surface area (Å²) in [5, 5.41) is 3.44. The molecule has 36 heavy (non-hydrogen) atoms. The molecule has 5 rings (SSSR count). The summed E-state index contributed by atoms with van der Waals surface area (Å²) < 4.78 is 6.71. The van der Waals surface area contributed by atoms with E-state index in [0.717, 1.165) is 44.9 Å². The second kappa shape index (κ2) is 10.6. The predicted molar refractivity (Wildman–Crippen MR) is 138 cm³/mol. The molecule has 0 bridgehead atoms. The molecule has 2 N–H and O–H groups in total. The molecule has 3 aliphatic rings. The van der Waals surface area contributed by atoms with E-state index in [4.69, 9.17) is 4.74 Å². The van der Waals surface area contributed by atoms with Crippen molar-refractivity contribution in [1.29, 1.82) is 0 Å². The maximum absolute atomic E-state index is 13.4. The molecule has 0 unspecified atom stereocenters. The lowest BCUT2D eigenvalue weighted by molar-refractivity contribution is 0.0357. The van der Waals surface area contributed by atoms with Crippen LogP contribution in [0.4, 0.5) is 0 Å². The second-order valence-corrected chi connectivity index (χ2v) is 10.7. The molecule has 9 nitrogen and oxygen atoms in total. The van der Waals surface area contributed by atoms with E-state index in [-0.39, 0.29) is 5.91 Å². The number of nitrogens with one attached hydrogen (secondary N) is 2. The SMILES string of the molecule is COc1ccc(C(=O)N2CCC3(CCC(CN4CCNCC4)CC3)CC2)cc1-n1ccc(=O)[nH]c1=O. The molecule has 0 radical (unpaired) electrons. The number of amides is 1. The number of piperidine rings is 1. The van der Waals surface area contributed by atoms with E-state index in [1.807, 2.05) is 4.90 Å². The first-order valence-electron chi connectivity index (χ1n) is 13.2. The Hall–Kier alpha value is -2.91. The maximum atomic E-state index is 13.4. The van der Waals surface area contributed by atoms with Gasteiger partial charge in [-0.3, -0.25) is 19.1 Å². The first-order chi connectivity index (χ1) is 17.5. The average Bonchev–Trinajstić information content (AvgIpc) is 2.90. The average molecular weight is 496 g/mol. The fourth-order valence-electron chi connectivity index (χ4n) is 6.22. The van der Waals surface area contributed by atoms with E-state index in [9.17, 15) is 14.4 Å². The van der Waals surface area contributed by atoms with Gasteiger partial charge in [0.2, 0.25) is 0 Å². The molecule has 1 aromatic heterocycles. The quantitative estimate of drug-likeness (QED) is 0.657. The number of ether oxygens (including phenoxy) is 1. The minimum absolute atomic E-state index is 0.0291. The van der Waals surface area contributed by atoms with Crippen molar-refractivity contribution < 1.29 is 9.53 Å². The lowest BCUT2D eigenvalue weighted by atomic mass is 9.65. The van der Waals surface area contributed by atoms with E-state index in [0.29, 0.717) is 22.4 Å². The molecule has 3 heterocycles. The van der Waals surface area contributed by atoms with E-state index < -0.39 is 11.2 Å². The van der Waals surface area contributed by atoms with Crippen LogP contribution in [-0.4, -0.2) is 78.2 Å². The van der Waals surface area contributed by atoms with Crippen molar-refractivity contribution in [3.8, 4) is 11.4 Å². The summed E-state index contributed by atoms with van der Waals surface area (Å²) in [5.41, 5.74) is 0.284. The molecule has 3 fully saturated rings. The van der Waals surface area contributed by atoms with Gasteiger partial charge in [0.15, 0.2) is 0 Å². The molecule has 1 aromatic carbocycles. The first kappa shape index (κ1) is 24.8. The number of methoxy groups -OCH3 is 1.